The molecule has 6 atom stereocenters. The molecule has 2 aliphatic carbocycles. The van der Waals surface area contributed by atoms with Crippen LogP contribution in [0.1, 0.15) is 41.0 Å². The lowest BCUT2D eigenvalue weighted by atomic mass is 9.49. The number of allylic oxidation sites excluding steroid dienone is 2. The Kier molecular flexibility index (Phi) is 9.47. The number of hydrogen-bond donors (Lipinski definition) is 3. The number of carbonyl (C=O) groups excluding carboxylic acids is 4. The third-order valence-corrected chi connectivity index (χ3v) is 12.3. The van der Waals surface area contributed by atoms with E-state index in [2.05, 4.69) is 10.4 Å². The molecule has 1 saturated carbocycles. The fraction of sp³-hybridized carbons (Fsp3) is 0.293. The van der Waals surface area contributed by atoms with E-state index in [0.29, 0.717) is 39.9 Å². The van der Waals surface area contributed by atoms with Crippen LogP contribution >= 0.6 is 23.2 Å². The van der Waals surface area contributed by atoms with Gasteiger partial charge in [-0.2, -0.15) is 18.2 Å². The number of rotatable bonds is 8. The van der Waals surface area contributed by atoms with Crippen molar-refractivity contribution in [1.82, 2.24) is 14.9 Å². The number of nitrogens with one attached hydrogen (secondary N) is 1. The summed E-state index contributed by atoms with van der Waals surface area (Å²) in [6.45, 7) is 0.0718. The van der Waals surface area contributed by atoms with Crippen molar-refractivity contribution < 1.29 is 47.3 Å². The number of hydrazine groups is 1. The van der Waals surface area contributed by atoms with Crippen molar-refractivity contribution in [2.24, 2.45) is 23.7 Å². The van der Waals surface area contributed by atoms with Crippen molar-refractivity contribution in [3.8, 4) is 17.2 Å². The molecule has 16 heteroatoms. The molecule has 4 aliphatic rings. The monoisotopic (exact) mass is 820 g/mol. The number of ether oxygens (including phenoxy) is 1. The minimum absolute atomic E-state index is 0.0718. The molecule has 2 saturated heterocycles. The number of imide groups is 2. The summed E-state index contributed by atoms with van der Waals surface area (Å²) >= 11 is 12.6. The molecule has 294 valence electrons. The van der Waals surface area contributed by atoms with Crippen LogP contribution in [0.25, 0.3) is 0 Å². The maximum absolute atomic E-state index is 15.4. The lowest BCUT2D eigenvalue weighted by Crippen LogP contribution is -2.53. The molecule has 4 aromatic rings. The van der Waals surface area contributed by atoms with E-state index in [1.165, 1.54) is 30.2 Å². The van der Waals surface area contributed by atoms with Gasteiger partial charge in [0.2, 0.25) is 11.8 Å². The Morgan fingerprint density at radius 1 is 0.947 bits per heavy atom. The number of hydrogen-bond acceptors (Lipinski definition) is 9. The summed E-state index contributed by atoms with van der Waals surface area (Å²) in [5.74, 6) is -7.75. The highest BCUT2D eigenvalue weighted by Crippen LogP contribution is 2.66. The van der Waals surface area contributed by atoms with Crippen LogP contribution in [0.2, 0.25) is 10.0 Å². The summed E-state index contributed by atoms with van der Waals surface area (Å²) in [6.07, 6.45) is -2.08. The molecule has 0 spiro atoms. The Morgan fingerprint density at radius 3 is 2.33 bits per heavy atom. The third kappa shape index (κ3) is 6.08. The summed E-state index contributed by atoms with van der Waals surface area (Å²) in [6, 6.07) is 17.9. The van der Waals surface area contributed by atoms with E-state index in [1.54, 1.807) is 48.5 Å². The Hall–Kier alpha value is -5.60. The van der Waals surface area contributed by atoms with Gasteiger partial charge < -0.3 is 14.9 Å². The number of fused-ring (bicyclic) bond motifs is 4. The van der Waals surface area contributed by atoms with E-state index in [4.69, 9.17) is 27.9 Å². The predicted molar refractivity (Wildman–Crippen MR) is 200 cm³/mol. The second-order valence-electron chi connectivity index (χ2n) is 14.6. The first-order valence-electron chi connectivity index (χ1n) is 18.0. The van der Waals surface area contributed by atoms with Gasteiger partial charge in [-0.25, -0.2) is 4.98 Å². The molecule has 3 N–H and O–H groups in total. The lowest BCUT2D eigenvalue weighted by molar-refractivity contribution is -0.141. The van der Waals surface area contributed by atoms with E-state index in [-0.39, 0.29) is 48.1 Å². The molecule has 2 aliphatic heterocycles. The van der Waals surface area contributed by atoms with Gasteiger partial charge >= 0.3 is 6.18 Å². The van der Waals surface area contributed by atoms with Gasteiger partial charge in [-0.1, -0.05) is 65.2 Å². The van der Waals surface area contributed by atoms with Crippen molar-refractivity contribution in [3.63, 3.8) is 0 Å². The van der Waals surface area contributed by atoms with Crippen molar-refractivity contribution in [2.45, 2.75) is 36.8 Å². The van der Waals surface area contributed by atoms with Crippen molar-refractivity contribution >= 4 is 52.6 Å². The van der Waals surface area contributed by atoms with E-state index in [9.17, 15) is 37.8 Å². The first-order chi connectivity index (χ1) is 27.2. The van der Waals surface area contributed by atoms with Gasteiger partial charge in [-0.05, 0) is 78.8 Å². The lowest BCUT2D eigenvalue weighted by Gasteiger charge is -2.50. The van der Waals surface area contributed by atoms with E-state index in [0.717, 1.165) is 5.56 Å². The second kappa shape index (κ2) is 14.1. The number of methoxy groups -OCH3 is 1. The van der Waals surface area contributed by atoms with Gasteiger partial charge in [0.1, 0.15) is 17.2 Å². The number of alkyl halides is 3. The third-order valence-electron chi connectivity index (χ3n) is 11.8. The van der Waals surface area contributed by atoms with E-state index in [1.807, 2.05) is 6.08 Å². The fourth-order valence-corrected chi connectivity index (χ4v) is 9.62. The molecule has 0 unspecified atom stereocenters. The first kappa shape index (κ1) is 38.3. The SMILES string of the molecule is COc1cccc(O)c1[C@H]1C2=CC[C@@H]3C(=O)N(CCc4ccc(O)cc4)C(=O)[C@@H]3[C@@H]2C[C@H]2C(=O)N(Nc3ncc(C(F)(F)F)cc3Cl)C(=O)[C@@]12c1ccc(Cl)cc1. The summed E-state index contributed by atoms with van der Waals surface area (Å²) < 4.78 is 46.3. The van der Waals surface area contributed by atoms with Crippen molar-refractivity contribution in [2.75, 3.05) is 19.1 Å². The fourth-order valence-electron chi connectivity index (χ4n) is 9.29. The summed E-state index contributed by atoms with van der Waals surface area (Å²) in [7, 11) is 1.38. The van der Waals surface area contributed by atoms with Crippen LogP contribution in [0, 0.1) is 23.7 Å². The number of benzene rings is 3. The van der Waals surface area contributed by atoms with Gasteiger partial charge in [-0.15, -0.1) is 0 Å². The quantitative estimate of drug-likeness (QED) is 0.126. The van der Waals surface area contributed by atoms with Crippen molar-refractivity contribution in [3.05, 3.63) is 123 Å². The Bertz CT molecular complexity index is 2360. The highest BCUT2D eigenvalue weighted by molar-refractivity contribution is 6.33. The zero-order valence-corrected chi connectivity index (χ0v) is 31.5. The van der Waals surface area contributed by atoms with Crippen LogP contribution in [-0.4, -0.2) is 62.4 Å². The molecule has 3 fully saturated rings. The molecule has 0 bridgehead atoms. The predicted octanol–water partition coefficient (Wildman–Crippen LogP) is 7.05. The number of pyridine rings is 1. The van der Waals surface area contributed by atoms with Crippen LogP contribution in [0.4, 0.5) is 19.0 Å². The number of halogens is 5. The van der Waals surface area contributed by atoms with Crippen LogP contribution in [0.15, 0.2) is 90.6 Å². The zero-order valence-electron chi connectivity index (χ0n) is 30.0. The summed E-state index contributed by atoms with van der Waals surface area (Å²) in [5, 5.41) is 21.9. The molecule has 4 amide bonds. The molecule has 11 nitrogen and oxygen atoms in total. The molecular weight excluding hydrogens is 788 g/mol. The number of aromatic nitrogens is 1. The number of nitrogens with zero attached hydrogens (tertiary/aromatic N) is 3. The van der Waals surface area contributed by atoms with Gasteiger partial charge in [0, 0.05) is 29.2 Å². The van der Waals surface area contributed by atoms with E-state index < -0.39 is 75.3 Å². The van der Waals surface area contributed by atoms with Gasteiger partial charge in [0.05, 0.1) is 40.9 Å². The Morgan fingerprint density at radius 2 is 1.67 bits per heavy atom. The molecule has 3 heterocycles. The standard InChI is InChI=1S/C41H33Cl2F3N4O7/c1-57-31-4-2-3-30(52)33(31)34-25-13-14-26-32(38(55)49(36(26)53)16-15-20-5-11-24(51)12-6-20)27(25)18-28-37(54)50(39(56)40(28,34)21-7-9-23(42)10-8-21)48-35-29(43)17-22(19-47-35)41(44,45)46/h2-13,17,19,26-28,32,34,51-52H,14-16,18H2,1H3,(H,47,48)/t26-,27+,28-,32-,34+,40+/m0/s1. The zero-order chi connectivity index (χ0) is 40.6. The maximum atomic E-state index is 15.4. The van der Waals surface area contributed by atoms with Crippen LogP contribution in [0.3, 0.4) is 0 Å². The smallest absolute Gasteiger partial charge is 0.417 e. The first-order valence-corrected chi connectivity index (χ1v) is 18.7. The molecule has 1 aromatic heterocycles. The van der Waals surface area contributed by atoms with Gasteiger partial charge in [-0.3, -0.25) is 29.5 Å². The minimum atomic E-state index is -4.77. The number of amides is 4. The highest BCUT2D eigenvalue weighted by atomic mass is 35.5. The average Bonchev–Trinajstić information content (AvgIpc) is 3.55. The number of anilines is 1. The molecule has 0 radical (unpaired) electrons. The summed E-state index contributed by atoms with van der Waals surface area (Å²) in [4.78, 5) is 63.7. The topological polar surface area (TPSA) is 149 Å². The van der Waals surface area contributed by atoms with Crippen molar-refractivity contribution in [1.29, 1.82) is 0 Å². The molecule has 57 heavy (non-hydrogen) atoms. The molecule has 8 rings (SSSR count). The minimum Gasteiger partial charge on any atom is -0.508 e. The Labute approximate surface area is 333 Å². The number of phenols is 2. The average molecular weight is 822 g/mol. The molecule has 3 aromatic carbocycles. The molecular formula is C41H33Cl2F3N4O7. The normalized spacial score (nSPS) is 25.6. The van der Waals surface area contributed by atoms with Gasteiger partial charge in [0.25, 0.3) is 11.8 Å². The number of likely N-dealkylation sites (tertiary alicyclic amines) is 1. The Balaban J connectivity index is 1.28. The largest absolute Gasteiger partial charge is 0.508 e. The summed E-state index contributed by atoms with van der Waals surface area (Å²) in [5.41, 5.74) is 1.40. The number of aromatic hydroxyl groups is 2. The number of phenolic OH excluding ortho intramolecular Hbond substituents is 2. The number of carbonyl (C=O) groups is 4. The van der Waals surface area contributed by atoms with E-state index >= 15 is 4.79 Å². The maximum Gasteiger partial charge on any atom is 0.417 e. The van der Waals surface area contributed by atoms with Crippen LogP contribution < -0.4 is 10.2 Å². The second-order valence-corrected chi connectivity index (χ2v) is 15.4. The van der Waals surface area contributed by atoms with Crippen LogP contribution in [-0.2, 0) is 37.2 Å². The van der Waals surface area contributed by atoms with Crippen LogP contribution in [0.5, 0.6) is 17.2 Å². The van der Waals surface area contributed by atoms with Gasteiger partial charge in [0.15, 0.2) is 5.82 Å². The highest BCUT2D eigenvalue weighted by Gasteiger charge is 2.71.